The number of hydrogen-bond donors (Lipinski definition) is 1. The average molecular weight is 415 g/mol. The van der Waals surface area contributed by atoms with Gasteiger partial charge in [0.15, 0.2) is 5.78 Å². The van der Waals surface area contributed by atoms with Crippen LogP contribution < -0.4 is 4.74 Å². The molecule has 0 saturated heterocycles. The fourth-order valence-corrected chi connectivity index (χ4v) is 3.87. The number of allylic oxidation sites excluding steroid dienone is 3. The van der Waals surface area contributed by atoms with Crippen molar-refractivity contribution in [1.29, 1.82) is 10.7 Å². The fourth-order valence-electron chi connectivity index (χ4n) is 3.87. The van der Waals surface area contributed by atoms with E-state index < -0.39 is 0 Å². The summed E-state index contributed by atoms with van der Waals surface area (Å²) in [7, 11) is 0. The topological polar surface area (TPSA) is 73.9 Å². The summed E-state index contributed by atoms with van der Waals surface area (Å²) in [6.45, 7) is 13.8. The van der Waals surface area contributed by atoms with Crippen LogP contribution in [0.5, 0.6) is 5.75 Å². The van der Waals surface area contributed by atoms with Crippen molar-refractivity contribution in [2.75, 3.05) is 6.61 Å². The Bertz CT molecular complexity index is 1090. The van der Waals surface area contributed by atoms with Crippen molar-refractivity contribution in [2.45, 2.75) is 47.0 Å². The first-order valence-electron chi connectivity index (χ1n) is 10.3. The summed E-state index contributed by atoms with van der Waals surface area (Å²) >= 11 is 0. The zero-order valence-electron chi connectivity index (χ0n) is 19.0. The Hall–Kier alpha value is -3.45. The summed E-state index contributed by atoms with van der Waals surface area (Å²) in [6.07, 6.45) is 3.54. The summed E-state index contributed by atoms with van der Waals surface area (Å²) in [5.41, 5.74) is 7.03. The first-order valence-corrected chi connectivity index (χ1v) is 10.3. The van der Waals surface area contributed by atoms with Crippen LogP contribution in [0.1, 0.15) is 59.6 Å². The molecule has 0 aliphatic rings. The molecule has 0 radical (unpaired) electrons. The normalized spacial score (nSPS) is 12.4. The van der Waals surface area contributed by atoms with Gasteiger partial charge in [-0.25, -0.2) is 0 Å². The van der Waals surface area contributed by atoms with E-state index in [1.165, 1.54) is 6.21 Å². The van der Waals surface area contributed by atoms with Crippen LogP contribution in [0.25, 0.3) is 0 Å². The van der Waals surface area contributed by atoms with Crippen molar-refractivity contribution < 1.29 is 9.53 Å². The van der Waals surface area contributed by atoms with Gasteiger partial charge in [-0.3, -0.25) is 4.79 Å². The van der Waals surface area contributed by atoms with Crippen LogP contribution in [0, 0.1) is 37.5 Å². The van der Waals surface area contributed by atoms with Gasteiger partial charge < -0.3 is 10.1 Å². The van der Waals surface area contributed by atoms with Gasteiger partial charge in [0.1, 0.15) is 5.75 Å². The zero-order valence-corrected chi connectivity index (χ0v) is 19.0. The Morgan fingerprint density at radius 3 is 2.45 bits per heavy atom. The Labute approximate surface area is 185 Å². The van der Waals surface area contributed by atoms with E-state index in [9.17, 15) is 10.1 Å². The second-order valence-electron chi connectivity index (χ2n) is 7.73. The molecular formula is C27H30N2O2. The molecule has 2 aromatic carbocycles. The van der Waals surface area contributed by atoms with E-state index in [1.807, 2.05) is 52.0 Å². The second-order valence-corrected chi connectivity index (χ2v) is 7.73. The minimum atomic E-state index is -0.363. The third-order valence-corrected chi connectivity index (χ3v) is 5.66. The van der Waals surface area contributed by atoms with Gasteiger partial charge in [0, 0.05) is 23.5 Å². The molecule has 1 N–H and O–H groups in total. The Morgan fingerprint density at radius 1 is 1.19 bits per heavy atom. The number of aryl methyl sites for hydroxylation is 2. The maximum absolute atomic E-state index is 12.9. The first kappa shape index (κ1) is 23.8. The summed E-state index contributed by atoms with van der Waals surface area (Å²) in [5.74, 6) is 0.310. The van der Waals surface area contributed by atoms with Gasteiger partial charge in [0.05, 0.1) is 18.2 Å². The summed E-state index contributed by atoms with van der Waals surface area (Å²) < 4.78 is 6.08. The number of nitriles is 1. The molecule has 31 heavy (non-hydrogen) atoms. The van der Waals surface area contributed by atoms with E-state index in [0.29, 0.717) is 29.9 Å². The summed E-state index contributed by atoms with van der Waals surface area (Å²) in [4.78, 5) is 12.9. The van der Waals surface area contributed by atoms with E-state index in [0.717, 1.165) is 33.4 Å². The van der Waals surface area contributed by atoms with Gasteiger partial charge >= 0.3 is 0 Å². The molecule has 0 saturated carbocycles. The largest absolute Gasteiger partial charge is 0.493 e. The maximum Gasteiger partial charge on any atom is 0.157 e. The number of Topliss-reactive ketones (excluding diaryl/α,β-unsaturated/α-hetero) is 1. The lowest BCUT2D eigenvalue weighted by Crippen LogP contribution is -2.17. The molecular weight excluding hydrogens is 384 g/mol. The van der Waals surface area contributed by atoms with E-state index in [4.69, 9.17) is 10.1 Å². The number of nitrogens with zero attached hydrogens (tertiary/aromatic N) is 1. The lowest BCUT2D eigenvalue weighted by atomic mass is 9.76. The van der Waals surface area contributed by atoms with Crippen LogP contribution in [0.2, 0.25) is 0 Å². The summed E-state index contributed by atoms with van der Waals surface area (Å²) in [5, 5.41) is 16.6. The molecule has 1 unspecified atom stereocenters. The molecule has 0 bridgehead atoms. The predicted molar refractivity (Wildman–Crippen MR) is 126 cm³/mol. The van der Waals surface area contributed by atoms with E-state index in [1.54, 1.807) is 19.1 Å². The Kier molecular flexibility index (Phi) is 8.10. The van der Waals surface area contributed by atoms with Crippen LogP contribution in [0.3, 0.4) is 0 Å². The predicted octanol–water partition coefficient (Wildman–Crippen LogP) is 6.13. The molecule has 2 aromatic rings. The van der Waals surface area contributed by atoms with Crippen LogP contribution in [0.15, 0.2) is 54.1 Å². The van der Waals surface area contributed by atoms with Crippen molar-refractivity contribution in [1.82, 2.24) is 0 Å². The Balaban J connectivity index is 2.92. The molecule has 2 rings (SSSR count). The molecule has 0 fully saturated rings. The molecule has 4 heteroatoms. The highest BCUT2D eigenvalue weighted by atomic mass is 16.5. The van der Waals surface area contributed by atoms with Gasteiger partial charge in [-0.2, -0.15) is 5.26 Å². The first-order chi connectivity index (χ1) is 14.8. The number of carbonyl (C=O) groups is 1. The minimum Gasteiger partial charge on any atom is -0.493 e. The molecule has 0 aromatic heterocycles. The van der Waals surface area contributed by atoms with Crippen LogP contribution >= 0.6 is 0 Å². The molecule has 0 heterocycles. The average Bonchev–Trinajstić information content (AvgIpc) is 2.74. The summed E-state index contributed by atoms with van der Waals surface area (Å²) in [6, 6.07) is 11.7. The number of carbonyl (C=O) groups excluding carboxylic acids is 1. The number of hydrogen-bond acceptors (Lipinski definition) is 4. The lowest BCUT2D eigenvalue weighted by Gasteiger charge is -2.28. The molecule has 160 valence electrons. The highest BCUT2D eigenvalue weighted by Gasteiger charge is 2.30. The smallest absolute Gasteiger partial charge is 0.157 e. The lowest BCUT2D eigenvalue weighted by molar-refractivity contribution is -0.113. The molecule has 4 nitrogen and oxygen atoms in total. The third kappa shape index (κ3) is 5.19. The van der Waals surface area contributed by atoms with Gasteiger partial charge in [0.2, 0.25) is 0 Å². The second kappa shape index (κ2) is 10.5. The van der Waals surface area contributed by atoms with Crippen LogP contribution in [-0.2, 0) is 4.79 Å². The van der Waals surface area contributed by atoms with Gasteiger partial charge in [-0.15, -0.1) is 0 Å². The molecule has 1 atom stereocenters. The monoisotopic (exact) mass is 414 g/mol. The van der Waals surface area contributed by atoms with Crippen molar-refractivity contribution in [3.63, 3.8) is 0 Å². The minimum absolute atomic E-state index is 0.0301. The number of nitrogens with one attached hydrogen (secondary N) is 1. The van der Waals surface area contributed by atoms with Crippen LogP contribution in [0.4, 0.5) is 0 Å². The van der Waals surface area contributed by atoms with Gasteiger partial charge in [-0.05, 0) is 86.9 Å². The molecule has 0 aliphatic heterocycles. The zero-order chi connectivity index (χ0) is 23.1. The maximum atomic E-state index is 12.9. The molecule has 0 spiro atoms. The van der Waals surface area contributed by atoms with Crippen molar-refractivity contribution in [3.8, 4) is 11.8 Å². The van der Waals surface area contributed by atoms with E-state index >= 15 is 0 Å². The van der Waals surface area contributed by atoms with Crippen LogP contribution in [-0.4, -0.2) is 18.6 Å². The van der Waals surface area contributed by atoms with Crippen molar-refractivity contribution >= 4 is 12.0 Å². The number of rotatable bonds is 9. The molecule has 0 aliphatic carbocycles. The van der Waals surface area contributed by atoms with Gasteiger partial charge in [-0.1, -0.05) is 24.8 Å². The standard InChI is InChI=1S/C27H30N2O2/c1-7-17(2)25(21(6)30)27(23-11-10-22(16-29)15-19(23)4)26-20(5)18(3)9-12-24(26)31-14-8-13-28/h7,9-13,15,27-28H,1,8,14H2,2-6H3/b25-17-,28-13?. The van der Waals surface area contributed by atoms with Gasteiger partial charge in [0.25, 0.3) is 0 Å². The Morgan fingerprint density at radius 2 is 1.90 bits per heavy atom. The highest BCUT2D eigenvalue weighted by Crippen LogP contribution is 2.43. The van der Waals surface area contributed by atoms with Crippen molar-refractivity contribution in [3.05, 3.63) is 87.5 Å². The van der Waals surface area contributed by atoms with Crippen molar-refractivity contribution in [2.24, 2.45) is 0 Å². The number of benzene rings is 2. The van der Waals surface area contributed by atoms with E-state index in [-0.39, 0.29) is 11.7 Å². The fraction of sp³-hybridized carbons (Fsp3) is 0.296. The third-order valence-electron chi connectivity index (χ3n) is 5.66. The number of ketones is 1. The quantitative estimate of drug-likeness (QED) is 0.232. The highest BCUT2D eigenvalue weighted by molar-refractivity contribution is 5.97. The SMILES string of the molecule is C=C/C(C)=C(/C(C)=O)C(c1ccc(C#N)cc1C)c1c(OCCC=N)ccc(C)c1C. The molecule has 0 amide bonds. The van der Waals surface area contributed by atoms with E-state index in [2.05, 4.69) is 12.6 Å². The number of ether oxygens (including phenoxy) is 1.